The lowest BCUT2D eigenvalue weighted by Gasteiger charge is -2.39. The second-order valence-electron chi connectivity index (χ2n) is 5.59. The Morgan fingerprint density at radius 1 is 1.18 bits per heavy atom. The molecule has 0 bridgehead atoms. The van der Waals surface area contributed by atoms with Crippen LogP contribution < -0.4 is 5.32 Å². The summed E-state index contributed by atoms with van der Waals surface area (Å²) in [6.45, 7) is 13.1. The third-order valence-corrected chi connectivity index (χ3v) is 4.59. The summed E-state index contributed by atoms with van der Waals surface area (Å²) in [5, 5.41) is 3.80. The number of nitrogens with one attached hydrogen (secondary N) is 1. The summed E-state index contributed by atoms with van der Waals surface area (Å²) in [5.41, 5.74) is 0.373. The van der Waals surface area contributed by atoms with Gasteiger partial charge in [-0.3, -0.25) is 4.90 Å². The van der Waals surface area contributed by atoms with Crippen LogP contribution >= 0.6 is 0 Å². The van der Waals surface area contributed by atoms with Crippen LogP contribution in [0.25, 0.3) is 0 Å². The molecule has 0 radical (unpaired) electrons. The quantitative estimate of drug-likeness (QED) is 0.765. The highest BCUT2D eigenvalue weighted by Gasteiger charge is 2.32. The molecule has 0 aromatic carbocycles. The first kappa shape index (κ1) is 15.0. The van der Waals surface area contributed by atoms with Crippen molar-refractivity contribution in [2.24, 2.45) is 0 Å². The minimum absolute atomic E-state index is 0.373. The first-order valence-electron chi connectivity index (χ1n) is 7.70. The molecule has 0 amide bonds. The standard InChI is InChI=1S/C15H32N2/c1-5-10-14(6-2)17-12-9-11-16-15(7-3,8-4)13-17/h14,16H,5-13H2,1-4H3. The molecule has 1 N–H and O–H groups in total. The van der Waals surface area contributed by atoms with E-state index in [1.807, 2.05) is 0 Å². The average molecular weight is 240 g/mol. The van der Waals surface area contributed by atoms with Crippen LogP contribution in [0.4, 0.5) is 0 Å². The van der Waals surface area contributed by atoms with Crippen LogP contribution in [0.15, 0.2) is 0 Å². The van der Waals surface area contributed by atoms with Gasteiger partial charge in [0.2, 0.25) is 0 Å². The Morgan fingerprint density at radius 2 is 1.88 bits per heavy atom. The van der Waals surface area contributed by atoms with Gasteiger partial charge < -0.3 is 5.32 Å². The number of hydrogen-bond acceptors (Lipinski definition) is 2. The van der Waals surface area contributed by atoms with Crippen molar-refractivity contribution in [1.82, 2.24) is 10.2 Å². The maximum Gasteiger partial charge on any atom is 0.0303 e. The fraction of sp³-hybridized carbons (Fsp3) is 1.00. The fourth-order valence-electron chi connectivity index (χ4n) is 3.17. The summed E-state index contributed by atoms with van der Waals surface area (Å²) in [4.78, 5) is 2.76. The molecule has 2 nitrogen and oxygen atoms in total. The van der Waals surface area contributed by atoms with Gasteiger partial charge in [0.25, 0.3) is 0 Å². The van der Waals surface area contributed by atoms with E-state index in [0.717, 1.165) is 6.04 Å². The number of nitrogens with zero attached hydrogens (tertiary/aromatic N) is 1. The van der Waals surface area contributed by atoms with E-state index in [1.54, 1.807) is 0 Å². The molecule has 1 aliphatic heterocycles. The van der Waals surface area contributed by atoms with Crippen molar-refractivity contribution in [2.75, 3.05) is 19.6 Å². The third kappa shape index (κ3) is 3.96. The Morgan fingerprint density at radius 3 is 2.41 bits per heavy atom. The van der Waals surface area contributed by atoms with E-state index in [-0.39, 0.29) is 0 Å². The van der Waals surface area contributed by atoms with Gasteiger partial charge >= 0.3 is 0 Å². The Kier molecular flexibility index (Phi) is 6.50. The van der Waals surface area contributed by atoms with E-state index in [9.17, 15) is 0 Å². The molecule has 0 aliphatic carbocycles. The predicted octanol–water partition coefficient (Wildman–Crippen LogP) is 3.42. The van der Waals surface area contributed by atoms with Gasteiger partial charge in [-0.15, -0.1) is 0 Å². The Balaban J connectivity index is 2.70. The van der Waals surface area contributed by atoms with E-state index in [4.69, 9.17) is 0 Å². The molecule has 1 rings (SSSR count). The lowest BCUT2D eigenvalue weighted by molar-refractivity contribution is 0.138. The topological polar surface area (TPSA) is 15.3 Å². The number of rotatable bonds is 6. The van der Waals surface area contributed by atoms with Crippen molar-refractivity contribution in [3.8, 4) is 0 Å². The van der Waals surface area contributed by atoms with E-state index >= 15 is 0 Å². The van der Waals surface area contributed by atoms with Gasteiger partial charge in [-0.2, -0.15) is 0 Å². The highest BCUT2D eigenvalue weighted by atomic mass is 15.2. The average Bonchev–Trinajstić information content (AvgIpc) is 2.59. The van der Waals surface area contributed by atoms with Crippen molar-refractivity contribution in [2.45, 2.75) is 77.8 Å². The Labute approximate surface area is 108 Å². The van der Waals surface area contributed by atoms with E-state index < -0.39 is 0 Å². The van der Waals surface area contributed by atoms with Crippen LogP contribution in [0.2, 0.25) is 0 Å². The van der Waals surface area contributed by atoms with E-state index in [2.05, 4.69) is 37.9 Å². The van der Waals surface area contributed by atoms with Gasteiger partial charge in [-0.1, -0.05) is 34.1 Å². The normalized spacial score (nSPS) is 23.3. The van der Waals surface area contributed by atoms with Crippen LogP contribution in [-0.2, 0) is 0 Å². The first-order valence-corrected chi connectivity index (χ1v) is 7.70. The maximum absolute atomic E-state index is 3.80. The fourth-order valence-corrected chi connectivity index (χ4v) is 3.17. The molecule has 0 saturated carbocycles. The summed E-state index contributed by atoms with van der Waals surface area (Å²) in [5.74, 6) is 0. The van der Waals surface area contributed by atoms with Crippen LogP contribution in [0.3, 0.4) is 0 Å². The monoisotopic (exact) mass is 240 g/mol. The summed E-state index contributed by atoms with van der Waals surface area (Å²) >= 11 is 0. The van der Waals surface area contributed by atoms with Crippen LogP contribution in [0.1, 0.15) is 66.2 Å². The lowest BCUT2D eigenvalue weighted by Crippen LogP contribution is -2.52. The molecular weight excluding hydrogens is 208 g/mol. The lowest BCUT2D eigenvalue weighted by atomic mass is 9.91. The smallest absolute Gasteiger partial charge is 0.0303 e. The summed E-state index contributed by atoms with van der Waals surface area (Å²) in [6.07, 6.45) is 7.79. The zero-order valence-corrected chi connectivity index (χ0v) is 12.4. The van der Waals surface area contributed by atoms with Crippen molar-refractivity contribution < 1.29 is 0 Å². The van der Waals surface area contributed by atoms with Gasteiger partial charge in [0.1, 0.15) is 0 Å². The highest BCUT2D eigenvalue weighted by molar-refractivity contribution is 4.92. The van der Waals surface area contributed by atoms with Gasteiger partial charge in [0, 0.05) is 18.1 Å². The van der Waals surface area contributed by atoms with Gasteiger partial charge in [-0.05, 0) is 45.2 Å². The van der Waals surface area contributed by atoms with E-state index in [1.165, 1.54) is 58.2 Å². The molecule has 17 heavy (non-hydrogen) atoms. The molecule has 1 saturated heterocycles. The van der Waals surface area contributed by atoms with Crippen molar-refractivity contribution in [1.29, 1.82) is 0 Å². The maximum atomic E-state index is 3.80. The molecule has 1 heterocycles. The molecule has 1 aliphatic rings. The molecule has 1 atom stereocenters. The highest BCUT2D eigenvalue weighted by Crippen LogP contribution is 2.23. The molecule has 0 aromatic heterocycles. The molecule has 1 unspecified atom stereocenters. The van der Waals surface area contributed by atoms with Crippen molar-refractivity contribution >= 4 is 0 Å². The summed E-state index contributed by atoms with van der Waals surface area (Å²) in [7, 11) is 0. The van der Waals surface area contributed by atoms with Gasteiger partial charge in [-0.25, -0.2) is 0 Å². The first-order chi connectivity index (χ1) is 8.21. The van der Waals surface area contributed by atoms with Crippen molar-refractivity contribution in [3.63, 3.8) is 0 Å². The van der Waals surface area contributed by atoms with Crippen LogP contribution in [-0.4, -0.2) is 36.1 Å². The van der Waals surface area contributed by atoms with Crippen molar-refractivity contribution in [3.05, 3.63) is 0 Å². The molecule has 1 fully saturated rings. The Bertz CT molecular complexity index is 199. The zero-order valence-electron chi connectivity index (χ0n) is 12.4. The van der Waals surface area contributed by atoms with E-state index in [0.29, 0.717) is 5.54 Å². The molecule has 102 valence electrons. The van der Waals surface area contributed by atoms with Crippen LogP contribution in [0.5, 0.6) is 0 Å². The molecular formula is C15H32N2. The third-order valence-electron chi connectivity index (χ3n) is 4.59. The SMILES string of the molecule is CCCC(CC)N1CCCNC(CC)(CC)C1. The minimum Gasteiger partial charge on any atom is -0.310 e. The number of hydrogen-bond donors (Lipinski definition) is 1. The predicted molar refractivity (Wildman–Crippen MR) is 76.5 cm³/mol. The summed E-state index contributed by atoms with van der Waals surface area (Å²) < 4.78 is 0. The largest absolute Gasteiger partial charge is 0.310 e. The molecule has 0 aromatic rings. The summed E-state index contributed by atoms with van der Waals surface area (Å²) in [6, 6.07) is 0.803. The minimum atomic E-state index is 0.373. The van der Waals surface area contributed by atoms with Gasteiger partial charge in [0.05, 0.1) is 0 Å². The Hall–Kier alpha value is -0.0800. The van der Waals surface area contributed by atoms with Gasteiger partial charge in [0.15, 0.2) is 0 Å². The molecule has 2 heteroatoms. The second kappa shape index (κ2) is 7.38. The second-order valence-corrected chi connectivity index (χ2v) is 5.59. The zero-order chi connectivity index (χ0) is 12.7. The molecule has 0 spiro atoms. The van der Waals surface area contributed by atoms with Crippen LogP contribution in [0, 0.1) is 0 Å².